The van der Waals surface area contributed by atoms with Crippen molar-refractivity contribution in [2.75, 3.05) is 17.3 Å². The van der Waals surface area contributed by atoms with Gasteiger partial charge in [0.1, 0.15) is 10.8 Å². The van der Waals surface area contributed by atoms with E-state index in [1.54, 1.807) is 0 Å². The van der Waals surface area contributed by atoms with Crippen LogP contribution in [0.3, 0.4) is 0 Å². The Morgan fingerprint density at radius 3 is 2.47 bits per heavy atom. The van der Waals surface area contributed by atoms with Crippen molar-refractivity contribution in [3.8, 4) is 6.07 Å². The molecule has 1 aromatic rings. The fourth-order valence-electron chi connectivity index (χ4n) is 1.20. The second kappa shape index (κ2) is 4.90. The Labute approximate surface area is 112 Å². The molecule has 0 radical (unpaired) electrons. The maximum atomic E-state index is 12.0. The summed E-state index contributed by atoms with van der Waals surface area (Å²) < 4.78 is 21.5. The predicted molar refractivity (Wildman–Crippen MR) is 73.1 cm³/mol. The number of carbonyl (C=O) groups is 1. The number of benzene rings is 1. The first-order chi connectivity index (χ1) is 8.59. The molecule has 0 spiro atoms. The molecule has 6 nitrogen and oxygen atoms in total. The summed E-state index contributed by atoms with van der Waals surface area (Å²) in [4.78, 5) is 12.0. The van der Waals surface area contributed by atoms with Crippen molar-refractivity contribution in [1.82, 2.24) is 0 Å². The molecule has 3 N–H and O–H groups in total. The third-order valence-electron chi connectivity index (χ3n) is 2.89. The average molecular weight is 281 g/mol. The Kier molecular flexibility index (Phi) is 3.86. The highest BCUT2D eigenvalue weighted by Gasteiger charge is 2.38. The van der Waals surface area contributed by atoms with E-state index >= 15 is 0 Å². The lowest BCUT2D eigenvalue weighted by Gasteiger charge is -2.21. The van der Waals surface area contributed by atoms with Gasteiger partial charge in [-0.25, -0.2) is 8.42 Å². The highest BCUT2D eigenvalue weighted by Crippen LogP contribution is 2.22. The molecule has 0 heterocycles. The van der Waals surface area contributed by atoms with Gasteiger partial charge in [0.2, 0.25) is 5.91 Å². The van der Waals surface area contributed by atoms with Crippen LogP contribution in [0.2, 0.25) is 0 Å². The Bertz CT molecular complexity index is 657. The van der Waals surface area contributed by atoms with Crippen LogP contribution in [0, 0.1) is 11.3 Å². The minimum atomic E-state index is -3.57. The lowest BCUT2D eigenvalue weighted by molar-refractivity contribution is -0.117. The number of nitrogens with one attached hydrogen (secondary N) is 1. The molecule has 1 aromatic carbocycles. The summed E-state index contributed by atoms with van der Waals surface area (Å²) in [6.45, 7) is 2.61. The highest BCUT2D eigenvalue weighted by molar-refractivity contribution is 7.92. The molecule has 0 fully saturated rings. The zero-order valence-electron chi connectivity index (χ0n) is 10.9. The summed E-state index contributed by atoms with van der Waals surface area (Å²) in [5, 5.41) is 11.4. The number of rotatable bonds is 3. The molecule has 1 amide bonds. The molecule has 0 aromatic heterocycles. The van der Waals surface area contributed by atoms with Crippen LogP contribution in [-0.4, -0.2) is 25.3 Å². The zero-order valence-corrected chi connectivity index (χ0v) is 11.7. The van der Waals surface area contributed by atoms with Gasteiger partial charge in [0.05, 0.1) is 11.3 Å². The van der Waals surface area contributed by atoms with Gasteiger partial charge in [-0.05, 0) is 32.0 Å². The van der Waals surface area contributed by atoms with Gasteiger partial charge in [0.25, 0.3) is 0 Å². The molecule has 0 aliphatic rings. The number of amides is 1. The van der Waals surface area contributed by atoms with Crippen molar-refractivity contribution < 1.29 is 13.2 Å². The molecule has 0 aliphatic heterocycles. The summed E-state index contributed by atoms with van der Waals surface area (Å²) in [5.41, 5.74) is 6.33. The van der Waals surface area contributed by atoms with Gasteiger partial charge >= 0.3 is 0 Å². The minimum Gasteiger partial charge on any atom is -0.399 e. The Balaban J connectivity index is 3.12. The van der Waals surface area contributed by atoms with E-state index in [2.05, 4.69) is 5.32 Å². The Morgan fingerprint density at radius 2 is 2.00 bits per heavy atom. The largest absolute Gasteiger partial charge is 0.399 e. The number of anilines is 2. The van der Waals surface area contributed by atoms with Gasteiger partial charge in [0.15, 0.2) is 9.84 Å². The number of carbonyl (C=O) groups excluding carboxylic acids is 1. The first-order valence-electron chi connectivity index (χ1n) is 5.40. The first kappa shape index (κ1) is 15.0. The SMILES string of the molecule is CC(C)(C(=O)Nc1ccc(N)cc1C#N)S(C)(=O)=O. The number of nitrogen functional groups attached to an aromatic ring is 1. The number of nitriles is 1. The molecule has 0 bridgehead atoms. The van der Waals surface area contributed by atoms with Gasteiger partial charge in [-0.15, -0.1) is 0 Å². The maximum absolute atomic E-state index is 12.0. The van der Waals surface area contributed by atoms with Crippen LogP contribution in [0.4, 0.5) is 11.4 Å². The lowest BCUT2D eigenvalue weighted by Crippen LogP contribution is -2.44. The molecule has 7 heteroatoms. The van der Waals surface area contributed by atoms with Gasteiger partial charge in [-0.3, -0.25) is 4.79 Å². The van der Waals surface area contributed by atoms with E-state index in [-0.39, 0.29) is 11.3 Å². The molecule has 0 saturated carbocycles. The van der Waals surface area contributed by atoms with Crippen LogP contribution in [0.1, 0.15) is 19.4 Å². The fourth-order valence-corrected chi connectivity index (χ4v) is 1.59. The van der Waals surface area contributed by atoms with E-state index < -0.39 is 20.5 Å². The smallest absolute Gasteiger partial charge is 0.245 e. The molecular formula is C12H15N3O3S. The monoisotopic (exact) mass is 281 g/mol. The third kappa shape index (κ3) is 3.03. The summed E-state index contributed by atoms with van der Waals surface area (Å²) in [6.07, 6.45) is 0.987. The van der Waals surface area contributed by atoms with Gasteiger partial charge < -0.3 is 11.1 Å². The van der Waals surface area contributed by atoms with E-state index in [1.807, 2.05) is 6.07 Å². The number of hydrogen-bond acceptors (Lipinski definition) is 5. The molecule has 0 aliphatic carbocycles. The summed E-state index contributed by atoms with van der Waals surface area (Å²) in [6, 6.07) is 6.27. The van der Waals surface area contributed by atoms with Crippen LogP contribution in [0.5, 0.6) is 0 Å². The van der Waals surface area contributed by atoms with Crippen LogP contribution in [-0.2, 0) is 14.6 Å². The molecule has 0 unspecified atom stereocenters. The van der Waals surface area contributed by atoms with Crippen LogP contribution < -0.4 is 11.1 Å². The van der Waals surface area contributed by atoms with E-state index in [0.717, 1.165) is 6.26 Å². The highest BCUT2D eigenvalue weighted by atomic mass is 32.2. The minimum absolute atomic E-state index is 0.178. The van der Waals surface area contributed by atoms with Crippen LogP contribution in [0.15, 0.2) is 18.2 Å². The van der Waals surface area contributed by atoms with Crippen molar-refractivity contribution in [2.24, 2.45) is 0 Å². The summed E-state index contributed by atoms with van der Waals surface area (Å²) in [5.74, 6) is -0.698. The molecule has 0 atom stereocenters. The standard InChI is InChI=1S/C12H15N3O3S/c1-12(2,19(3,17)18)11(16)15-10-5-4-9(14)6-8(10)7-13/h4-6H,14H2,1-3H3,(H,15,16). The number of nitrogens with two attached hydrogens (primary N) is 1. The number of nitrogens with zero attached hydrogens (tertiary/aromatic N) is 1. The van der Waals surface area contributed by atoms with E-state index in [9.17, 15) is 13.2 Å². The fraction of sp³-hybridized carbons (Fsp3) is 0.333. The molecule has 102 valence electrons. The summed E-state index contributed by atoms with van der Waals surface area (Å²) >= 11 is 0. The number of hydrogen-bond donors (Lipinski definition) is 2. The molecule has 1 rings (SSSR count). The second-order valence-electron chi connectivity index (χ2n) is 4.65. The average Bonchev–Trinajstić information content (AvgIpc) is 2.29. The molecule has 0 saturated heterocycles. The van der Waals surface area contributed by atoms with Crippen LogP contribution >= 0.6 is 0 Å². The molecule has 19 heavy (non-hydrogen) atoms. The second-order valence-corrected chi connectivity index (χ2v) is 7.22. The van der Waals surface area contributed by atoms with E-state index in [1.165, 1.54) is 32.0 Å². The predicted octanol–water partition coefficient (Wildman–Crippen LogP) is 0.902. The van der Waals surface area contributed by atoms with Crippen molar-refractivity contribution in [2.45, 2.75) is 18.6 Å². The van der Waals surface area contributed by atoms with Crippen molar-refractivity contribution in [1.29, 1.82) is 5.26 Å². The zero-order chi connectivity index (χ0) is 14.8. The van der Waals surface area contributed by atoms with E-state index in [4.69, 9.17) is 11.0 Å². The van der Waals surface area contributed by atoms with Crippen LogP contribution in [0.25, 0.3) is 0 Å². The quantitative estimate of drug-likeness (QED) is 0.799. The van der Waals surface area contributed by atoms with Crippen molar-refractivity contribution in [3.05, 3.63) is 23.8 Å². The normalized spacial score (nSPS) is 11.7. The topological polar surface area (TPSA) is 113 Å². The Hall–Kier alpha value is -2.07. The van der Waals surface area contributed by atoms with E-state index in [0.29, 0.717) is 5.69 Å². The first-order valence-corrected chi connectivity index (χ1v) is 7.29. The Morgan fingerprint density at radius 1 is 1.42 bits per heavy atom. The number of sulfone groups is 1. The van der Waals surface area contributed by atoms with Crippen molar-refractivity contribution in [3.63, 3.8) is 0 Å². The third-order valence-corrected chi connectivity index (χ3v) is 4.93. The van der Waals surface area contributed by atoms with Crippen molar-refractivity contribution >= 4 is 27.1 Å². The van der Waals surface area contributed by atoms with Gasteiger partial charge in [-0.1, -0.05) is 0 Å². The van der Waals surface area contributed by atoms with Gasteiger partial charge in [-0.2, -0.15) is 5.26 Å². The molecular weight excluding hydrogens is 266 g/mol. The maximum Gasteiger partial charge on any atom is 0.245 e. The lowest BCUT2D eigenvalue weighted by atomic mass is 10.1. The van der Waals surface area contributed by atoms with Gasteiger partial charge in [0, 0.05) is 11.9 Å². The summed E-state index contributed by atoms with van der Waals surface area (Å²) in [7, 11) is -3.57.